The molecule has 4 atom stereocenters. The van der Waals surface area contributed by atoms with Gasteiger partial charge in [-0.3, -0.25) is 19.3 Å². The first kappa shape index (κ1) is 20.1. The maximum Gasteiger partial charge on any atom is 0.250 e. The Morgan fingerprint density at radius 3 is 2.56 bits per heavy atom. The van der Waals surface area contributed by atoms with Crippen LogP contribution in [0.4, 0.5) is 11.4 Å². The number of fused-ring (bicyclic) bond motifs is 7. The average Bonchev–Trinajstić information content (AvgIpc) is 3.42. The molecule has 3 saturated heterocycles. The molecule has 6 rings (SSSR count). The van der Waals surface area contributed by atoms with Crippen molar-refractivity contribution in [2.75, 3.05) is 16.8 Å². The van der Waals surface area contributed by atoms with Crippen molar-refractivity contribution in [3.8, 4) is 0 Å². The molecule has 0 unspecified atom stereocenters. The van der Waals surface area contributed by atoms with E-state index in [1.54, 1.807) is 0 Å². The molecule has 1 N–H and O–H groups in total. The average molecular weight is 494 g/mol. The van der Waals surface area contributed by atoms with E-state index in [0.29, 0.717) is 16.7 Å². The number of carbonyl (C=O) groups is 3. The molecule has 0 saturated carbocycles. The summed E-state index contributed by atoms with van der Waals surface area (Å²) in [6.45, 7) is 6.67. The maximum absolute atomic E-state index is 14.0. The van der Waals surface area contributed by atoms with Gasteiger partial charge in [-0.25, -0.2) is 4.90 Å². The van der Waals surface area contributed by atoms with Gasteiger partial charge in [0, 0.05) is 21.8 Å². The van der Waals surface area contributed by atoms with Crippen molar-refractivity contribution in [2.24, 2.45) is 11.8 Å². The Morgan fingerprint density at radius 1 is 1.03 bits per heavy atom. The van der Waals surface area contributed by atoms with Gasteiger partial charge in [-0.05, 0) is 79.3 Å². The third-order valence-electron chi connectivity index (χ3n) is 7.79. The van der Waals surface area contributed by atoms with E-state index in [1.165, 1.54) is 4.90 Å². The van der Waals surface area contributed by atoms with Crippen LogP contribution in [0.25, 0.3) is 0 Å². The monoisotopic (exact) mass is 493 g/mol. The SMILES string of the molecule is Cc1ccc(N2C(=O)[C@H]3[C@H]4CCCN4[C@@]4(C(=O)Nc5c(C)cc(C)cc54)[C@@H]3C2=O)c(Br)c1. The molecule has 164 valence electrons. The minimum atomic E-state index is -1.13. The van der Waals surface area contributed by atoms with Crippen molar-refractivity contribution < 1.29 is 14.4 Å². The van der Waals surface area contributed by atoms with Crippen LogP contribution in [-0.4, -0.2) is 35.2 Å². The van der Waals surface area contributed by atoms with E-state index in [4.69, 9.17) is 0 Å². The van der Waals surface area contributed by atoms with Crippen molar-refractivity contribution in [3.63, 3.8) is 0 Å². The van der Waals surface area contributed by atoms with Crippen LogP contribution in [0.2, 0.25) is 0 Å². The summed E-state index contributed by atoms with van der Waals surface area (Å²) in [5.74, 6) is -1.89. The molecule has 0 aliphatic carbocycles. The van der Waals surface area contributed by atoms with Gasteiger partial charge in [0.15, 0.2) is 0 Å². The Kier molecular flexibility index (Phi) is 4.10. The lowest BCUT2D eigenvalue weighted by Gasteiger charge is -2.37. The molecule has 3 fully saturated rings. The number of hydrogen-bond acceptors (Lipinski definition) is 4. The van der Waals surface area contributed by atoms with E-state index in [-0.39, 0.29) is 23.8 Å². The van der Waals surface area contributed by atoms with E-state index in [2.05, 4.69) is 26.1 Å². The number of amides is 3. The van der Waals surface area contributed by atoms with Gasteiger partial charge >= 0.3 is 0 Å². The lowest BCUT2D eigenvalue weighted by Crippen LogP contribution is -2.54. The highest BCUT2D eigenvalue weighted by molar-refractivity contribution is 9.10. The number of nitrogens with zero attached hydrogens (tertiary/aromatic N) is 2. The second-order valence-electron chi connectivity index (χ2n) is 9.60. The van der Waals surface area contributed by atoms with Gasteiger partial charge in [0.25, 0.3) is 0 Å². The number of halogens is 1. The third kappa shape index (κ3) is 2.26. The normalized spacial score (nSPS) is 30.8. The first-order valence-corrected chi connectivity index (χ1v) is 11.9. The highest BCUT2D eigenvalue weighted by atomic mass is 79.9. The molecule has 4 heterocycles. The standard InChI is InChI=1S/C25H24BrN3O3/c1-12-6-7-17(16(26)11-12)29-22(30)19-18-5-4-8-28(18)25(20(19)23(29)31)15-10-13(2)9-14(3)21(15)27-24(25)32/h6-7,9-11,18-20H,4-5,8H2,1-3H3,(H,27,32)/t18-,19+,20+,25-/m1/s1. The highest BCUT2D eigenvalue weighted by Gasteiger charge is 2.74. The molecule has 2 aromatic rings. The number of hydrogen-bond donors (Lipinski definition) is 1. The number of anilines is 2. The Hall–Kier alpha value is -2.51. The maximum atomic E-state index is 14.0. The van der Waals surface area contributed by atoms with Crippen LogP contribution in [-0.2, 0) is 19.9 Å². The summed E-state index contributed by atoms with van der Waals surface area (Å²) in [6, 6.07) is 9.58. The Labute approximate surface area is 195 Å². The fourth-order valence-corrected chi connectivity index (χ4v) is 7.36. The summed E-state index contributed by atoms with van der Waals surface area (Å²) >= 11 is 3.54. The molecule has 2 aromatic carbocycles. The summed E-state index contributed by atoms with van der Waals surface area (Å²) in [4.78, 5) is 45.1. The Bertz CT molecular complexity index is 1240. The summed E-state index contributed by atoms with van der Waals surface area (Å²) < 4.78 is 0.708. The molecule has 32 heavy (non-hydrogen) atoms. The zero-order valence-corrected chi connectivity index (χ0v) is 19.8. The fraction of sp³-hybridized carbons (Fsp3) is 0.400. The minimum absolute atomic E-state index is 0.108. The Morgan fingerprint density at radius 2 is 1.81 bits per heavy atom. The number of aryl methyl sites for hydroxylation is 3. The molecule has 7 heteroatoms. The third-order valence-corrected chi connectivity index (χ3v) is 8.42. The van der Waals surface area contributed by atoms with Gasteiger partial charge in [0.1, 0.15) is 5.54 Å². The molecule has 4 aliphatic heterocycles. The van der Waals surface area contributed by atoms with Crippen LogP contribution in [0.3, 0.4) is 0 Å². The smallest absolute Gasteiger partial charge is 0.250 e. The molecule has 0 radical (unpaired) electrons. The first-order chi connectivity index (χ1) is 15.3. The van der Waals surface area contributed by atoms with Gasteiger partial charge in [0.2, 0.25) is 17.7 Å². The second kappa shape index (κ2) is 6.51. The largest absolute Gasteiger partial charge is 0.324 e. The number of imide groups is 1. The van der Waals surface area contributed by atoms with Crippen molar-refractivity contribution in [2.45, 2.75) is 45.2 Å². The summed E-state index contributed by atoms with van der Waals surface area (Å²) in [5.41, 5.74) is 4.14. The van der Waals surface area contributed by atoms with Crippen LogP contribution < -0.4 is 10.2 Å². The zero-order valence-electron chi connectivity index (χ0n) is 18.2. The van der Waals surface area contributed by atoms with Crippen LogP contribution >= 0.6 is 15.9 Å². The number of rotatable bonds is 1. The molecule has 4 aliphatic rings. The van der Waals surface area contributed by atoms with E-state index in [1.807, 2.05) is 51.1 Å². The molecule has 0 aromatic heterocycles. The van der Waals surface area contributed by atoms with E-state index in [9.17, 15) is 14.4 Å². The second-order valence-corrected chi connectivity index (χ2v) is 10.5. The van der Waals surface area contributed by atoms with E-state index < -0.39 is 17.4 Å². The minimum Gasteiger partial charge on any atom is -0.324 e. The molecular weight excluding hydrogens is 470 g/mol. The predicted molar refractivity (Wildman–Crippen MR) is 124 cm³/mol. The quantitative estimate of drug-likeness (QED) is 0.613. The number of nitrogens with one attached hydrogen (secondary N) is 1. The van der Waals surface area contributed by atoms with Gasteiger partial charge in [-0.1, -0.05) is 23.8 Å². The van der Waals surface area contributed by atoms with Crippen molar-refractivity contribution >= 4 is 45.0 Å². The summed E-state index contributed by atoms with van der Waals surface area (Å²) in [7, 11) is 0. The predicted octanol–water partition coefficient (Wildman–Crippen LogP) is 3.81. The van der Waals surface area contributed by atoms with Crippen LogP contribution in [0.1, 0.15) is 35.1 Å². The molecule has 0 bridgehead atoms. The number of benzene rings is 2. The lowest BCUT2D eigenvalue weighted by atomic mass is 9.75. The van der Waals surface area contributed by atoms with Crippen LogP contribution in [0, 0.1) is 32.6 Å². The summed E-state index contributed by atoms with van der Waals surface area (Å²) in [6.07, 6.45) is 1.73. The van der Waals surface area contributed by atoms with Gasteiger partial charge in [-0.15, -0.1) is 0 Å². The zero-order chi connectivity index (χ0) is 22.5. The van der Waals surface area contributed by atoms with Gasteiger partial charge < -0.3 is 5.32 Å². The molecule has 6 nitrogen and oxygen atoms in total. The molecular formula is C25H24BrN3O3. The van der Waals surface area contributed by atoms with Gasteiger partial charge in [0.05, 0.1) is 17.5 Å². The van der Waals surface area contributed by atoms with Crippen molar-refractivity contribution in [1.29, 1.82) is 0 Å². The first-order valence-electron chi connectivity index (χ1n) is 11.1. The molecule has 1 spiro atoms. The topological polar surface area (TPSA) is 69.7 Å². The fourth-order valence-electron chi connectivity index (χ4n) is 6.69. The number of carbonyl (C=O) groups excluding carboxylic acids is 3. The highest BCUT2D eigenvalue weighted by Crippen LogP contribution is 2.61. The van der Waals surface area contributed by atoms with Crippen LogP contribution in [0.15, 0.2) is 34.8 Å². The molecule has 3 amide bonds. The van der Waals surface area contributed by atoms with Crippen molar-refractivity contribution in [1.82, 2.24) is 4.90 Å². The van der Waals surface area contributed by atoms with E-state index in [0.717, 1.165) is 40.8 Å². The van der Waals surface area contributed by atoms with Crippen LogP contribution in [0.5, 0.6) is 0 Å². The van der Waals surface area contributed by atoms with Gasteiger partial charge in [-0.2, -0.15) is 0 Å². The Balaban J connectivity index is 1.58. The lowest BCUT2D eigenvalue weighted by molar-refractivity contribution is -0.135. The summed E-state index contributed by atoms with van der Waals surface area (Å²) in [5, 5.41) is 3.09. The van der Waals surface area contributed by atoms with Crippen molar-refractivity contribution in [3.05, 3.63) is 57.1 Å². The van der Waals surface area contributed by atoms with E-state index >= 15 is 0 Å².